The van der Waals surface area contributed by atoms with Crippen LogP contribution in [-0.4, -0.2) is 12.1 Å². The molecule has 14 heavy (non-hydrogen) atoms. The van der Waals surface area contributed by atoms with E-state index in [1.807, 2.05) is 6.07 Å². The van der Waals surface area contributed by atoms with Crippen molar-refractivity contribution in [2.24, 2.45) is 0 Å². The van der Waals surface area contributed by atoms with Crippen LogP contribution < -0.4 is 4.74 Å². The van der Waals surface area contributed by atoms with Crippen LogP contribution in [-0.2, 0) is 5.41 Å². The van der Waals surface area contributed by atoms with Gasteiger partial charge in [-0.3, -0.25) is 0 Å². The van der Waals surface area contributed by atoms with Crippen LogP contribution in [0.25, 0.3) is 0 Å². The van der Waals surface area contributed by atoms with Crippen molar-refractivity contribution in [1.29, 1.82) is 5.26 Å². The number of pyridine rings is 1. The smallest absolute Gasteiger partial charge is 0.217 e. The van der Waals surface area contributed by atoms with Crippen LogP contribution in [0, 0.1) is 11.3 Å². The van der Waals surface area contributed by atoms with Crippen molar-refractivity contribution in [3.63, 3.8) is 0 Å². The molecule has 1 saturated carbocycles. The maximum absolute atomic E-state index is 9.07. The number of nitrogens with zero attached hydrogens (tertiary/aromatic N) is 2. The van der Waals surface area contributed by atoms with Crippen LogP contribution in [0.5, 0.6) is 5.88 Å². The molecule has 0 radical (unpaired) electrons. The Bertz CT molecular complexity index is 407. The van der Waals surface area contributed by atoms with Crippen molar-refractivity contribution in [2.45, 2.75) is 18.3 Å². The fourth-order valence-corrected chi connectivity index (χ4v) is 1.83. The van der Waals surface area contributed by atoms with Crippen LogP contribution in [0.1, 0.15) is 18.4 Å². The summed E-state index contributed by atoms with van der Waals surface area (Å²) in [7, 11) is 1.58. The third kappa shape index (κ3) is 1.38. The Balaban J connectivity index is 2.51. The summed E-state index contributed by atoms with van der Waals surface area (Å²) in [6, 6.07) is 4.25. The highest BCUT2D eigenvalue weighted by Gasteiger charge is 2.47. The Labute approximate surface area is 90.8 Å². The van der Waals surface area contributed by atoms with Gasteiger partial charge in [0.15, 0.2) is 0 Å². The molecule has 0 N–H and O–H groups in total. The minimum absolute atomic E-state index is 0.345. The van der Waals surface area contributed by atoms with Crippen LogP contribution in [0.2, 0.25) is 0 Å². The molecule has 72 valence electrons. The molecule has 0 amide bonds. The Morgan fingerprint density at radius 3 is 2.86 bits per heavy atom. The largest absolute Gasteiger partial charge is 0.481 e. The zero-order chi connectivity index (χ0) is 10.2. The van der Waals surface area contributed by atoms with Gasteiger partial charge in [-0.15, -0.1) is 0 Å². The van der Waals surface area contributed by atoms with Gasteiger partial charge in [0.25, 0.3) is 0 Å². The first kappa shape index (κ1) is 9.47. The summed E-state index contributed by atoms with van der Waals surface area (Å²) >= 11 is 3.35. The predicted molar refractivity (Wildman–Crippen MR) is 55.0 cm³/mol. The third-order valence-electron chi connectivity index (χ3n) is 2.49. The van der Waals surface area contributed by atoms with Gasteiger partial charge in [-0.05, 0) is 34.8 Å². The number of hydrogen-bond acceptors (Lipinski definition) is 3. The highest BCUT2D eigenvalue weighted by atomic mass is 79.9. The highest BCUT2D eigenvalue weighted by Crippen LogP contribution is 2.50. The van der Waals surface area contributed by atoms with Crippen LogP contribution in [0.15, 0.2) is 16.7 Å². The molecule has 4 heteroatoms. The zero-order valence-electron chi connectivity index (χ0n) is 7.75. The van der Waals surface area contributed by atoms with E-state index < -0.39 is 0 Å². The van der Waals surface area contributed by atoms with Gasteiger partial charge in [0, 0.05) is 16.2 Å². The molecule has 0 atom stereocenters. The molecule has 0 aromatic carbocycles. The molecule has 0 saturated heterocycles. The molecular formula is C10H9BrN2O. The number of nitriles is 1. The summed E-state index contributed by atoms with van der Waals surface area (Å²) in [6.45, 7) is 0. The number of methoxy groups -OCH3 is 1. The minimum Gasteiger partial charge on any atom is -0.481 e. The van der Waals surface area contributed by atoms with Gasteiger partial charge in [-0.1, -0.05) is 0 Å². The number of halogens is 1. The molecule has 1 fully saturated rings. The van der Waals surface area contributed by atoms with Crippen LogP contribution in [0.4, 0.5) is 0 Å². The molecule has 1 heterocycles. The van der Waals surface area contributed by atoms with Crippen molar-refractivity contribution in [3.05, 3.63) is 22.3 Å². The number of hydrogen-bond donors (Lipinski definition) is 0. The van der Waals surface area contributed by atoms with E-state index in [2.05, 4.69) is 27.0 Å². The van der Waals surface area contributed by atoms with Gasteiger partial charge in [0.1, 0.15) is 0 Å². The monoisotopic (exact) mass is 252 g/mol. The summed E-state index contributed by atoms with van der Waals surface area (Å²) in [6.07, 6.45) is 3.48. The van der Waals surface area contributed by atoms with Crippen LogP contribution in [0.3, 0.4) is 0 Å². The van der Waals surface area contributed by atoms with Crippen molar-refractivity contribution in [3.8, 4) is 11.9 Å². The molecular weight excluding hydrogens is 244 g/mol. The molecule has 0 bridgehead atoms. The SMILES string of the molecule is COc1ncc(Br)cc1C1(C#N)CC1. The first-order valence-electron chi connectivity index (χ1n) is 4.33. The average molecular weight is 253 g/mol. The summed E-state index contributed by atoms with van der Waals surface area (Å²) < 4.78 is 6.03. The molecule has 1 aliphatic carbocycles. The van der Waals surface area contributed by atoms with Gasteiger partial charge in [0.05, 0.1) is 18.6 Å². The molecule has 0 aliphatic heterocycles. The second-order valence-corrected chi connectivity index (χ2v) is 4.32. The lowest BCUT2D eigenvalue weighted by molar-refractivity contribution is 0.390. The molecule has 1 aromatic heterocycles. The zero-order valence-corrected chi connectivity index (χ0v) is 9.34. The Hall–Kier alpha value is -1.08. The van der Waals surface area contributed by atoms with Gasteiger partial charge in [0.2, 0.25) is 5.88 Å². The maximum Gasteiger partial charge on any atom is 0.217 e. The molecule has 2 rings (SSSR count). The van der Waals surface area contributed by atoms with Crippen molar-refractivity contribution in [2.75, 3.05) is 7.11 Å². The summed E-state index contributed by atoms with van der Waals surface area (Å²) in [5.74, 6) is 0.562. The standard InChI is InChI=1S/C10H9BrN2O/c1-14-9-8(4-7(11)5-13-9)10(6-12)2-3-10/h4-5H,2-3H2,1H3. The number of aromatic nitrogens is 1. The summed E-state index contributed by atoms with van der Waals surface area (Å²) in [5.41, 5.74) is 0.555. The highest BCUT2D eigenvalue weighted by molar-refractivity contribution is 9.10. The van der Waals surface area contributed by atoms with E-state index in [9.17, 15) is 0 Å². The quantitative estimate of drug-likeness (QED) is 0.812. The normalized spacial score (nSPS) is 17.2. The van der Waals surface area contributed by atoms with E-state index in [4.69, 9.17) is 10.00 Å². The molecule has 0 unspecified atom stereocenters. The fourth-order valence-electron chi connectivity index (χ4n) is 1.50. The second-order valence-electron chi connectivity index (χ2n) is 3.40. The van der Waals surface area contributed by atoms with Crippen molar-refractivity contribution >= 4 is 15.9 Å². The van der Waals surface area contributed by atoms with E-state index in [0.29, 0.717) is 5.88 Å². The predicted octanol–water partition coefficient (Wildman–Crippen LogP) is 2.41. The Kier molecular flexibility index (Phi) is 2.20. The first-order valence-corrected chi connectivity index (χ1v) is 5.12. The Morgan fingerprint density at radius 1 is 1.64 bits per heavy atom. The van der Waals surface area contributed by atoms with E-state index in [-0.39, 0.29) is 5.41 Å². The van der Waals surface area contributed by atoms with E-state index >= 15 is 0 Å². The van der Waals surface area contributed by atoms with E-state index in [1.54, 1.807) is 13.3 Å². The minimum atomic E-state index is -0.345. The van der Waals surface area contributed by atoms with E-state index in [0.717, 1.165) is 22.9 Å². The Morgan fingerprint density at radius 2 is 2.36 bits per heavy atom. The number of ether oxygens (including phenoxy) is 1. The third-order valence-corrected chi connectivity index (χ3v) is 2.92. The fraction of sp³-hybridized carbons (Fsp3) is 0.400. The number of rotatable bonds is 2. The topological polar surface area (TPSA) is 45.9 Å². The van der Waals surface area contributed by atoms with Crippen LogP contribution >= 0.6 is 15.9 Å². The lowest BCUT2D eigenvalue weighted by atomic mass is 9.99. The van der Waals surface area contributed by atoms with Crippen molar-refractivity contribution in [1.82, 2.24) is 4.98 Å². The van der Waals surface area contributed by atoms with Gasteiger partial charge < -0.3 is 4.74 Å². The first-order chi connectivity index (χ1) is 6.72. The summed E-state index contributed by atoms with van der Waals surface area (Å²) in [5, 5.41) is 9.07. The maximum atomic E-state index is 9.07. The molecule has 1 aliphatic rings. The second kappa shape index (κ2) is 3.25. The lowest BCUT2D eigenvalue weighted by Crippen LogP contribution is -2.06. The van der Waals surface area contributed by atoms with Gasteiger partial charge >= 0.3 is 0 Å². The average Bonchev–Trinajstić information content (AvgIpc) is 2.98. The molecule has 3 nitrogen and oxygen atoms in total. The summed E-state index contributed by atoms with van der Waals surface area (Å²) in [4.78, 5) is 4.13. The van der Waals surface area contributed by atoms with Gasteiger partial charge in [-0.25, -0.2) is 4.98 Å². The molecule has 1 aromatic rings. The van der Waals surface area contributed by atoms with E-state index in [1.165, 1.54) is 0 Å². The van der Waals surface area contributed by atoms with Crippen molar-refractivity contribution < 1.29 is 4.74 Å². The lowest BCUT2D eigenvalue weighted by Gasteiger charge is -2.10. The van der Waals surface area contributed by atoms with Gasteiger partial charge in [-0.2, -0.15) is 5.26 Å². The molecule has 0 spiro atoms.